The number of ether oxygens (including phenoxy) is 1. The highest BCUT2D eigenvalue weighted by molar-refractivity contribution is 5.36. The molecule has 3 rings (SSSR count). The van der Waals surface area contributed by atoms with Crippen LogP contribution in [0.5, 0.6) is 5.75 Å². The van der Waals surface area contributed by atoms with Crippen LogP contribution in [0.25, 0.3) is 5.69 Å². The third-order valence-electron chi connectivity index (χ3n) is 3.02. The molecule has 0 N–H and O–H groups in total. The zero-order valence-corrected chi connectivity index (χ0v) is 11.9. The molecule has 0 spiro atoms. The molecule has 0 aliphatic carbocycles. The van der Waals surface area contributed by atoms with E-state index in [1.165, 1.54) is 6.33 Å². The Labute approximate surface area is 122 Å². The monoisotopic (exact) mass is 284 g/mol. The van der Waals surface area contributed by atoms with Gasteiger partial charge in [0.25, 0.3) is 0 Å². The average molecular weight is 284 g/mol. The molecule has 1 aromatic carbocycles. The van der Waals surface area contributed by atoms with Crippen molar-refractivity contribution in [3.05, 3.63) is 54.8 Å². The fourth-order valence-corrected chi connectivity index (χ4v) is 1.84. The van der Waals surface area contributed by atoms with Gasteiger partial charge in [-0.05, 0) is 24.3 Å². The summed E-state index contributed by atoms with van der Waals surface area (Å²) in [7, 11) is 0. The van der Waals surface area contributed by atoms with E-state index in [9.17, 15) is 0 Å². The van der Waals surface area contributed by atoms with E-state index in [-0.39, 0.29) is 0 Å². The highest BCUT2D eigenvalue weighted by Crippen LogP contribution is 2.18. The number of nitrogens with zero attached hydrogens (tertiary/aromatic N) is 4. The maximum atomic E-state index is 5.66. The lowest BCUT2D eigenvalue weighted by Crippen LogP contribution is -1.97. The van der Waals surface area contributed by atoms with Crippen molar-refractivity contribution >= 4 is 0 Å². The summed E-state index contributed by atoms with van der Waals surface area (Å²) in [5.41, 5.74) is 0.929. The molecule has 0 amide bonds. The second-order valence-electron chi connectivity index (χ2n) is 4.93. The molecule has 0 saturated carbocycles. The fourth-order valence-electron chi connectivity index (χ4n) is 1.84. The molecule has 0 bridgehead atoms. The summed E-state index contributed by atoms with van der Waals surface area (Å²) in [5.74, 6) is 2.53. The van der Waals surface area contributed by atoms with Crippen LogP contribution in [-0.2, 0) is 6.61 Å². The van der Waals surface area contributed by atoms with Gasteiger partial charge in [0, 0.05) is 5.92 Å². The van der Waals surface area contributed by atoms with Crippen LogP contribution in [-0.4, -0.2) is 19.7 Å². The van der Waals surface area contributed by atoms with Gasteiger partial charge in [-0.1, -0.05) is 13.8 Å². The first-order chi connectivity index (χ1) is 10.2. The SMILES string of the molecule is CC(C)c1cnc(COc2ccc(-n3cncn3)cc2)o1. The Morgan fingerprint density at radius 2 is 2.05 bits per heavy atom. The van der Waals surface area contributed by atoms with Gasteiger partial charge in [0.1, 0.15) is 24.2 Å². The number of hydrogen-bond acceptors (Lipinski definition) is 5. The fraction of sp³-hybridized carbons (Fsp3) is 0.267. The summed E-state index contributed by atoms with van der Waals surface area (Å²) in [6.45, 7) is 4.44. The summed E-state index contributed by atoms with van der Waals surface area (Å²) >= 11 is 0. The zero-order valence-electron chi connectivity index (χ0n) is 11.9. The van der Waals surface area contributed by atoms with Crippen molar-refractivity contribution in [3.8, 4) is 11.4 Å². The highest BCUT2D eigenvalue weighted by Gasteiger charge is 2.08. The standard InChI is InChI=1S/C15H16N4O2/c1-11(2)14-7-17-15(21-14)8-20-13-5-3-12(4-6-13)19-10-16-9-18-19/h3-7,9-11H,8H2,1-2H3. The lowest BCUT2D eigenvalue weighted by Gasteiger charge is -2.05. The van der Waals surface area contributed by atoms with Gasteiger partial charge in [0.15, 0.2) is 6.61 Å². The molecular weight excluding hydrogens is 268 g/mol. The van der Waals surface area contributed by atoms with Crippen LogP contribution in [0, 0.1) is 0 Å². The van der Waals surface area contributed by atoms with E-state index in [2.05, 4.69) is 28.9 Å². The maximum Gasteiger partial charge on any atom is 0.232 e. The Hall–Kier alpha value is -2.63. The molecule has 0 aliphatic rings. The predicted octanol–water partition coefficient (Wildman–Crippen LogP) is 2.96. The van der Waals surface area contributed by atoms with E-state index < -0.39 is 0 Å². The van der Waals surface area contributed by atoms with Crippen molar-refractivity contribution in [2.45, 2.75) is 26.4 Å². The molecule has 0 saturated heterocycles. The van der Waals surface area contributed by atoms with Gasteiger partial charge < -0.3 is 9.15 Å². The van der Waals surface area contributed by atoms with Gasteiger partial charge in [-0.25, -0.2) is 14.6 Å². The molecule has 0 unspecified atom stereocenters. The Balaban J connectivity index is 1.62. The van der Waals surface area contributed by atoms with E-state index in [4.69, 9.17) is 9.15 Å². The van der Waals surface area contributed by atoms with Gasteiger partial charge in [-0.3, -0.25) is 0 Å². The number of rotatable bonds is 5. The van der Waals surface area contributed by atoms with Crippen molar-refractivity contribution < 1.29 is 9.15 Å². The summed E-state index contributed by atoms with van der Waals surface area (Å²) in [5, 5.41) is 4.07. The maximum absolute atomic E-state index is 5.66. The Morgan fingerprint density at radius 1 is 1.24 bits per heavy atom. The second-order valence-corrected chi connectivity index (χ2v) is 4.93. The lowest BCUT2D eigenvalue weighted by molar-refractivity contribution is 0.257. The van der Waals surface area contributed by atoms with Crippen LogP contribution in [0.3, 0.4) is 0 Å². The highest BCUT2D eigenvalue weighted by atomic mass is 16.5. The Kier molecular flexibility index (Phi) is 3.68. The molecule has 3 aromatic rings. The molecule has 2 heterocycles. The lowest BCUT2D eigenvalue weighted by atomic mass is 10.2. The van der Waals surface area contributed by atoms with Crippen LogP contribution >= 0.6 is 0 Å². The van der Waals surface area contributed by atoms with E-state index >= 15 is 0 Å². The van der Waals surface area contributed by atoms with Gasteiger partial charge in [0.05, 0.1) is 11.9 Å². The molecule has 0 aliphatic heterocycles. The summed E-state index contributed by atoms with van der Waals surface area (Å²) in [4.78, 5) is 8.11. The smallest absolute Gasteiger partial charge is 0.232 e. The molecule has 108 valence electrons. The van der Waals surface area contributed by atoms with Crippen LogP contribution in [0.15, 0.2) is 47.5 Å². The number of oxazole rings is 1. The minimum absolute atomic E-state index is 0.315. The van der Waals surface area contributed by atoms with Crippen molar-refractivity contribution in [2.24, 2.45) is 0 Å². The topological polar surface area (TPSA) is 66.0 Å². The third kappa shape index (κ3) is 3.10. The molecule has 0 radical (unpaired) electrons. The molecule has 0 fully saturated rings. The molecule has 6 nitrogen and oxygen atoms in total. The van der Waals surface area contributed by atoms with E-state index in [0.29, 0.717) is 18.4 Å². The second kappa shape index (κ2) is 5.78. The quantitative estimate of drug-likeness (QED) is 0.720. The molecule has 0 atom stereocenters. The summed E-state index contributed by atoms with van der Waals surface area (Å²) in [6, 6.07) is 7.59. The van der Waals surface area contributed by atoms with Crippen molar-refractivity contribution in [1.82, 2.24) is 19.7 Å². The van der Waals surface area contributed by atoms with Crippen LogP contribution < -0.4 is 4.74 Å². The summed E-state index contributed by atoms with van der Waals surface area (Å²) in [6.07, 6.45) is 4.90. The molecule has 2 aromatic heterocycles. The number of benzene rings is 1. The molecule has 21 heavy (non-hydrogen) atoms. The number of hydrogen-bond donors (Lipinski definition) is 0. The predicted molar refractivity (Wildman–Crippen MR) is 76.3 cm³/mol. The van der Waals surface area contributed by atoms with Crippen LogP contribution in [0.4, 0.5) is 0 Å². The first-order valence-corrected chi connectivity index (χ1v) is 6.75. The van der Waals surface area contributed by atoms with E-state index in [1.54, 1.807) is 17.2 Å². The van der Waals surface area contributed by atoms with Crippen molar-refractivity contribution in [1.29, 1.82) is 0 Å². The first-order valence-electron chi connectivity index (χ1n) is 6.75. The molecular formula is C15H16N4O2. The minimum atomic E-state index is 0.315. The Morgan fingerprint density at radius 3 is 2.67 bits per heavy atom. The first kappa shape index (κ1) is 13.4. The number of aromatic nitrogens is 4. The normalized spacial score (nSPS) is 11.0. The average Bonchev–Trinajstić information content (AvgIpc) is 3.17. The van der Waals surface area contributed by atoms with Gasteiger partial charge in [0.2, 0.25) is 5.89 Å². The van der Waals surface area contributed by atoms with E-state index in [0.717, 1.165) is 17.2 Å². The summed E-state index contributed by atoms with van der Waals surface area (Å²) < 4.78 is 12.9. The van der Waals surface area contributed by atoms with Crippen molar-refractivity contribution in [2.75, 3.05) is 0 Å². The van der Waals surface area contributed by atoms with Gasteiger partial charge in [-0.2, -0.15) is 5.10 Å². The molecule has 6 heteroatoms. The van der Waals surface area contributed by atoms with Gasteiger partial charge in [-0.15, -0.1) is 0 Å². The zero-order chi connectivity index (χ0) is 14.7. The minimum Gasteiger partial charge on any atom is -0.484 e. The Bertz CT molecular complexity index is 687. The van der Waals surface area contributed by atoms with Gasteiger partial charge >= 0.3 is 0 Å². The van der Waals surface area contributed by atoms with Crippen LogP contribution in [0.2, 0.25) is 0 Å². The largest absolute Gasteiger partial charge is 0.484 e. The third-order valence-corrected chi connectivity index (χ3v) is 3.02. The van der Waals surface area contributed by atoms with Crippen molar-refractivity contribution in [3.63, 3.8) is 0 Å². The van der Waals surface area contributed by atoms with Crippen LogP contribution in [0.1, 0.15) is 31.4 Å². The van der Waals surface area contributed by atoms with E-state index in [1.807, 2.05) is 24.3 Å².